The molecule has 0 fully saturated rings. The summed E-state index contributed by atoms with van der Waals surface area (Å²) in [6, 6.07) is 5.03. The summed E-state index contributed by atoms with van der Waals surface area (Å²) in [6.45, 7) is 0. The predicted octanol–water partition coefficient (Wildman–Crippen LogP) is 1.82. The lowest BCUT2D eigenvalue weighted by Crippen LogP contribution is -2.30. The third-order valence-corrected chi connectivity index (χ3v) is 4.24. The number of ether oxygens (including phenoxy) is 1. The summed E-state index contributed by atoms with van der Waals surface area (Å²) in [4.78, 5) is 33.1. The average molecular weight is 330 g/mol. The smallest absolute Gasteiger partial charge is 0.307 e. The van der Waals surface area contributed by atoms with Crippen molar-refractivity contribution in [3.8, 4) is 0 Å². The largest absolute Gasteiger partial charge is 0.469 e. The Morgan fingerprint density at radius 2 is 2.30 bits per heavy atom. The first kappa shape index (κ1) is 15.2. The van der Waals surface area contributed by atoms with Crippen molar-refractivity contribution < 1.29 is 14.3 Å². The van der Waals surface area contributed by atoms with E-state index in [-0.39, 0.29) is 24.0 Å². The molecule has 0 spiro atoms. The van der Waals surface area contributed by atoms with Gasteiger partial charge in [-0.2, -0.15) is 0 Å². The summed E-state index contributed by atoms with van der Waals surface area (Å²) >= 11 is 1.47. The van der Waals surface area contributed by atoms with Crippen LogP contribution in [0.3, 0.4) is 0 Å². The van der Waals surface area contributed by atoms with Gasteiger partial charge in [0, 0.05) is 23.5 Å². The molecule has 3 heterocycles. The Morgan fingerprint density at radius 1 is 1.43 bits per heavy atom. The summed E-state index contributed by atoms with van der Waals surface area (Å²) in [5, 5.41) is 4.72. The normalized spacial score (nSPS) is 12.0. The van der Waals surface area contributed by atoms with Crippen molar-refractivity contribution in [3.63, 3.8) is 0 Å². The minimum absolute atomic E-state index is 0.0639. The number of thiophene rings is 1. The van der Waals surface area contributed by atoms with Crippen LogP contribution in [0.25, 0.3) is 5.78 Å². The number of carbonyl (C=O) groups excluding carboxylic acids is 2. The Balaban J connectivity index is 1.81. The highest BCUT2D eigenvalue weighted by atomic mass is 32.1. The van der Waals surface area contributed by atoms with Gasteiger partial charge in [0.15, 0.2) is 0 Å². The Labute approximate surface area is 135 Å². The van der Waals surface area contributed by atoms with Crippen molar-refractivity contribution in [3.05, 3.63) is 52.7 Å². The number of carbonyl (C=O) groups is 2. The zero-order chi connectivity index (χ0) is 16.2. The molecule has 1 unspecified atom stereocenters. The quantitative estimate of drug-likeness (QED) is 0.721. The molecule has 3 rings (SSSR count). The Bertz CT molecular complexity index is 795. The Morgan fingerprint density at radius 3 is 3.00 bits per heavy atom. The molecule has 1 amide bonds. The summed E-state index contributed by atoms with van der Waals surface area (Å²) in [6.07, 6.45) is 5.03. The fourth-order valence-corrected chi connectivity index (χ4v) is 2.91. The topological polar surface area (TPSA) is 85.6 Å². The van der Waals surface area contributed by atoms with Gasteiger partial charge in [-0.3, -0.25) is 14.0 Å². The summed E-state index contributed by atoms with van der Waals surface area (Å²) in [7, 11) is 1.32. The Hall–Kier alpha value is -2.74. The number of aromatic nitrogens is 3. The van der Waals surface area contributed by atoms with Crippen LogP contribution in [-0.4, -0.2) is 33.4 Å². The predicted molar refractivity (Wildman–Crippen MR) is 84.1 cm³/mol. The number of hydrogen-bond donors (Lipinski definition) is 1. The number of nitrogens with one attached hydrogen (secondary N) is 1. The molecule has 8 heteroatoms. The number of amides is 1. The van der Waals surface area contributed by atoms with Crippen LogP contribution in [0.4, 0.5) is 0 Å². The van der Waals surface area contributed by atoms with E-state index >= 15 is 0 Å². The second kappa shape index (κ2) is 6.57. The summed E-state index contributed by atoms with van der Waals surface area (Å²) < 4.78 is 6.36. The van der Waals surface area contributed by atoms with Gasteiger partial charge in [-0.05, 0) is 17.5 Å². The standard InChI is InChI=1S/C15H14N4O3S/c1-22-13(20)8-10(12-4-2-7-23-12)17-14(21)11-9-19-6-3-5-16-15(19)18-11/h2-7,9-10H,8H2,1H3,(H,17,21). The summed E-state index contributed by atoms with van der Waals surface area (Å²) in [5.74, 6) is -0.309. The van der Waals surface area contributed by atoms with E-state index in [9.17, 15) is 9.59 Å². The van der Waals surface area contributed by atoms with Crippen LogP contribution >= 0.6 is 11.3 Å². The third-order valence-electron chi connectivity index (χ3n) is 3.26. The molecular formula is C15H14N4O3S. The van der Waals surface area contributed by atoms with E-state index in [0.717, 1.165) is 4.88 Å². The first-order valence-corrected chi connectivity index (χ1v) is 7.76. The molecule has 1 N–H and O–H groups in total. The molecule has 0 aliphatic rings. The lowest BCUT2D eigenvalue weighted by atomic mass is 10.1. The van der Waals surface area contributed by atoms with E-state index in [0.29, 0.717) is 5.78 Å². The Kier molecular flexibility index (Phi) is 4.33. The van der Waals surface area contributed by atoms with E-state index in [1.165, 1.54) is 18.4 Å². The zero-order valence-electron chi connectivity index (χ0n) is 12.3. The van der Waals surface area contributed by atoms with Crippen LogP contribution in [0.15, 0.2) is 42.2 Å². The molecule has 0 saturated carbocycles. The van der Waals surface area contributed by atoms with Crippen molar-refractivity contribution in [1.29, 1.82) is 0 Å². The number of hydrogen-bond acceptors (Lipinski definition) is 6. The van der Waals surface area contributed by atoms with Crippen molar-refractivity contribution in [2.75, 3.05) is 7.11 Å². The molecule has 3 aromatic rings. The molecule has 0 radical (unpaired) electrons. The van der Waals surface area contributed by atoms with E-state index < -0.39 is 6.04 Å². The monoisotopic (exact) mass is 330 g/mol. The minimum Gasteiger partial charge on any atom is -0.469 e. The first-order valence-electron chi connectivity index (χ1n) is 6.88. The maximum Gasteiger partial charge on any atom is 0.307 e. The van der Waals surface area contributed by atoms with Gasteiger partial charge < -0.3 is 10.1 Å². The lowest BCUT2D eigenvalue weighted by molar-refractivity contribution is -0.141. The van der Waals surface area contributed by atoms with E-state index in [4.69, 9.17) is 4.74 Å². The molecule has 23 heavy (non-hydrogen) atoms. The van der Waals surface area contributed by atoms with Gasteiger partial charge >= 0.3 is 5.97 Å². The summed E-state index contributed by atoms with van der Waals surface area (Å²) in [5.41, 5.74) is 0.245. The first-order chi connectivity index (χ1) is 11.2. The van der Waals surface area contributed by atoms with Gasteiger partial charge in [-0.15, -0.1) is 11.3 Å². The van der Waals surface area contributed by atoms with Crippen molar-refractivity contribution >= 4 is 29.0 Å². The second-order valence-corrected chi connectivity index (χ2v) is 5.75. The molecule has 0 bridgehead atoms. The van der Waals surface area contributed by atoms with Gasteiger partial charge in [0.1, 0.15) is 5.69 Å². The molecular weight excluding hydrogens is 316 g/mol. The molecule has 0 aliphatic heterocycles. The van der Waals surface area contributed by atoms with E-state index in [2.05, 4.69) is 15.3 Å². The number of nitrogens with zero attached hydrogens (tertiary/aromatic N) is 3. The van der Waals surface area contributed by atoms with Crippen LogP contribution in [0.5, 0.6) is 0 Å². The number of rotatable bonds is 5. The molecule has 0 aliphatic carbocycles. The van der Waals surface area contributed by atoms with Crippen LogP contribution in [0, 0.1) is 0 Å². The number of imidazole rings is 1. The number of esters is 1. The van der Waals surface area contributed by atoms with Crippen LogP contribution < -0.4 is 5.32 Å². The molecule has 3 aromatic heterocycles. The van der Waals surface area contributed by atoms with Crippen LogP contribution in [0.2, 0.25) is 0 Å². The van der Waals surface area contributed by atoms with E-state index in [1.807, 2.05) is 17.5 Å². The van der Waals surface area contributed by atoms with Crippen molar-refractivity contribution in [1.82, 2.24) is 19.7 Å². The molecule has 1 atom stereocenters. The fraction of sp³-hybridized carbons (Fsp3) is 0.200. The van der Waals surface area contributed by atoms with Gasteiger partial charge in [0.05, 0.1) is 19.6 Å². The second-order valence-electron chi connectivity index (χ2n) is 4.77. The van der Waals surface area contributed by atoms with Gasteiger partial charge in [-0.25, -0.2) is 9.97 Å². The third kappa shape index (κ3) is 3.37. The highest BCUT2D eigenvalue weighted by molar-refractivity contribution is 7.10. The van der Waals surface area contributed by atoms with Crippen molar-refractivity contribution in [2.24, 2.45) is 0 Å². The average Bonchev–Trinajstić information content (AvgIpc) is 3.23. The molecule has 7 nitrogen and oxygen atoms in total. The van der Waals surface area contributed by atoms with Gasteiger partial charge in [0.25, 0.3) is 5.91 Å². The zero-order valence-corrected chi connectivity index (χ0v) is 13.1. The maximum atomic E-state index is 12.4. The van der Waals surface area contributed by atoms with Crippen LogP contribution in [0.1, 0.15) is 27.8 Å². The van der Waals surface area contributed by atoms with Gasteiger partial charge in [-0.1, -0.05) is 6.07 Å². The minimum atomic E-state index is -0.451. The fourth-order valence-electron chi connectivity index (χ4n) is 2.13. The maximum absolute atomic E-state index is 12.4. The number of methoxy groups -OCH3 is 1. The number of fused-ring (bicyclic) bond motifs is 1. The molecule has 118 valence electrons. The molecule has 0 saturated heterocycles. The van der Waals surface area contributed by atoms with Crippen LogP contribution in [-0.2, 0) is 9.53 Å². The highest BCUT2D eigenvalue weighted by Gasteiger charge is 2.22. The van der Waals surface area contributed by atoms with Gasteiger partial charge in [0.2, 0.25) is 5.78 Å². The highest BCUT2D eigenvalue weighted by Crippen LogP contribution is 2.23. The lowest BCUT2D eigenvalue weighted by Gasteiger charge is -2.15. The SMILES string of the molecule is COC(=O)CC(NC(=O)c1cn2cccnc2n1)c1cccs1. The van der Waals surface area contributed by atoms with Crippen molar-refractivity contribution in [2.45, 2.75) is 12.5 Å². The van der Waals surface area contributed by atoms with E-state index in [1.54, 1.807) is 29.1 Å². The molecule has 0 aromatic carbocycles.